The summed E-state index contributed by atoms with van der Waals surface area (Å²) in [7, 11) is 1.47. The Kier molecular flexibility index (Phi) is 6.59. The van der Waals surface area contributed by atoms with E-state index in [1.54, 1.807) is 18.2 Å². The molecule has 0 saturated carbocycles. The van der Waals surface area contributed by atoms with Gasteiger partial charge in [0.1, 0.15) is 12.4 Å². The Hall–Kier alpha value is -3.28. The quantitative estimate of drug-likeness (QED) is 0.807. The highest BCUT2D eigenvalue weighted by molar-refractivity contribution is 5.89. The van der Waals surface area contributed by atoms with Gasteiger partial charge in [0.05, 0.1) is 12.7 Å². The van der Waals surface area contributed by atoms with Crippen LogP contribution in [-0.4, -0.2) is 30.8 Å². The molecule has 0 fully saturated rings. The maximum Gasteiger partial charge on any atom is 0.407 e. The lowest BCUT2D eigenvalue weighted by Gasteiger charge is -2.06. The zero-order valence-corrected chi connectivity index (χ0v) is 13.8. The van der Waals surface area contributed by atoms with Gasteiger partial charge in [-0.3, -0.25) is 0 Å². The summed E-state index contributed by atoms with van der Waals surface area (Å²) < 4.78 is 10.2. The van der Waals surface area contributed by atoms with Gasteiger partial charge in [-0.25, -0.2) is 9.59 Å². The van der Waals surface area contributed by atoms with E-state index < -0.39 is 12.1 Å². The number of carboxylic acid groups (broad SMARTS) is 1. The van der Waals surface area contributed by atoms with Crippen molar-refractivity contribution < 1.29 is 24.2 Å². The summed E-state index contributed by atoms with van der Waals surface area (Å²) in [6, 6.07) is 14.1. The predicted octanol–water partition coefficient (Wildman–Crippen LogP) is 3.33. The van der Waals surface area contributed by atoms with Crippen LogP contribution in [0.4, 0.5) is 4.79 Å². The van der Waals surface area contributed by atoms with E-state index in [4.69, 9.17) is 14.6 Å². The van der Waals surface area contributed by atoms with Crippen molar-refractivity contribution in [1.82, 2.24) is 5.32 Å². The second kappa shape index (κ2) is 9.12. The molecule has 2 N–H and O–H groups in total. The number of ether oxygens (including phenoxy) is 2. The van der Waals surface area contributed by atoms with Crippen LogP contribution in [0, 0.1) is 0 Å². The molecule has 0 aromatic heterocycles. The molecule has 2 aromatic rings. The highest BCUT2D eigenvalue weighted by Crippen LogP contribution is 2.18. The van der Waals surface area contributed by atoms with Crippen molar-refractivity contribution in [1.29, 1.82) is 0 Å². The smallest absolute Gasteiger partial charge is 0.407 e. The minimum Gasteiger partial charge on any atom is -0.497 e. The minimum atomic E-state index is -1.03. The lowest BCUT2D eigenvalue weighted by atomic mass is 10.1. The van der Waals surface area contributed by atoms with Crippen LogP contribution < -0.4 is 10.1 Å². The molecule has 0 heterocycles. The van der Waals surface area contributed by atoms with Crippen LogP contribution in [0.3, 0.4) is 0 Å². The molecule has 0 radical (unpaired) electrons. The van der Waals surface area contributed by atoms with Crippen molar-refractivity contribution in [3.63, 3.8) is 0 Å². The molecule has 0 bridgehead atoms. The van der Waals surface area contributed by atoms with E-state index in [-0.39, 0.29) is 18.7 Å². The van der Waals surface area contributed by atoms with E-state index in [1.807, 2.05) is 30.3 Å². The fraction of sp³-hybridized carbons (Fsp3) is 0.158. The summed E-state index contributed by atoms with van der Waals surface area (Å²) in [5.41, 5.74) is 1.70. The van der Waals surface area contributed by atoms with Gasteiger partial charge in [0.15, 0.2) is 0 Å². The van der Waals surface area contributed by atoms with Crippen LogP contribution in [0.2, 0.25) is 0 Å². The van der Waals surface area contributed by atoms with Gasteiger partial charge in [0.2, 0.25) is 0 Å². The molecular weight excluding hydrogens is 322 g/mol. The summed E-state index contributed by atoms with van der Waals surface area (Å²) in [6.45, 7) is 0.460. The molecule has 0 unspecified atom stereocenters. The van der Waals surface area contributed by atoms with Gasteiger partial charge in [-0.1, -0.05) is 42.5 Å². The predicted molar refractivity (Wildman–Crippen MR) is 93.6 cm³/mol. The van der Waals surface area contributed by atoms with Gasteiger partial charge in [-0.05, 0) is 29.3 Å². The summed E-state index contributed by atoms with van der Waals surface area (Å²) >= 11 is 0. The van der Waals surface area contributed by atoms with Gasteiger partial charge in [0.25, 0.3) is 0 Å². The number of rotatable bonds is 7. The summed E-state index contributed by atoms with van der Waals surface area (Å²) in [5, 5.41) is 11.7. The zero-order valence-electron chi connectivity index (χ0n) is 13.8. The van der Waals surface area contributed by atoms with Gasteiger partial charge < -0.3 is 19.9 Å². The Bertz CT molecular complexity index is 756. The van der Waals surface area contributed by atoms with Crippen LogP contribution >= 0.6 is 0 Å². The molecule has 0 aliphatic heterocycles. The van der Waals surface area contributed by atoms with Gasteiger partial charge in [-0.2, -0.15) is 0 Å². The summed E-state index contributed by atoms with van der Waals surface area (Å²) in [5.74, 6) is -0.578. The standard InChI is InChI=1S/C19H19NO5/c1-24-17-11-15(10-16(12-17)18(21)22)8-5-9-20-19(23)25-13-14-6-3-2-4-7-14/h2-8,10-12H,9,13H2,1H3,(H,20,23)(H,21,22). The molecule has 0 saturated heterocycles. The molecule has 0 atom stereocenters. The summed E-state index contributed by atoms with van der Waals surface area (Å²) in [4.78, 5) is 22.7. The molecule has 25 heavy (non-hydrogen) atoms. The van der Waals surface area contributed by atoms with E-state index >= 15 is 0 Å². The number of aromatic carboxylic acids is 1. The largest absolute Gasteiger partial charge is 0.497 e. The molecule has 6 heteroatoms. The maximum absolute atomic E-state index is 11.6. The van der Waals surface area contributed by atoms with Crippen LogP contribution in [0.5, 0.6) is 5.75 Å². The third kappa shape index (κ3) is 6.02. The summed E-state index contributed by atoms with van der Waals surface area (Å²) in [6.07, 6.45) is 2.88. The number of carboxylic acids is 1. The van der Waals surface area contributed by atoms with Crippen LogP contribution in [-0.2, 0) is 11.3 Å². The molecule has 0 spiro atoms. The number of methoxy groups -OCH3 is 1. The number of hydrogen-bond donors (Lipinski definition) is 2. The minimum absolute atomic E-state index is 0.134. The first kappa shape index (κ1) is 18.1. The number of alkyl carbamates (subject to hydrolysis) is 1. The molecule has 130 valence electrons. The molecule has 6 nitrogen and oxygen atoms in total. The van der Waals surface area contributed by atoms with Crippen LogP contribution in [0.1, 0.15) is 21.5 Å². The Morgan fingerprint density at radius 3 is 2.60 bits per heavy atom. The third-order valence-electron chi connectivity index (χ3n) is 3.30. The van der Waals surface area contributed by atoms with E-state index in [2.05, 4.69) is 5.32 Å². The topological polar surface area (TPSA) is 84.9 Å². The molecule has 1 amide bonds. The number of carbonyl (C=O) groups is 2. The third-order valence-corrected chi connectivity index (χ3v) is 3.30. The lowest BCUT2D eigenvalue weighted by molar-refractivity contribution is 0.0696. The van der Waals surface area contributed by atoms with Crippen LogP contribution in [0.25, 0.3) is 6.08 Å². The Labute approximate surface area is 145 Å². The second-order valence-electron chi connectivity index (χ2n) is 5.15. The lowest BCUT2D eigenvalue weighted by Crippen LogP contribution is -2.24. The van der Waals surface area contributed by atoms with Crippen molar-refractivity contribution in [2.75, 3.05) is 13.7 Å². The normalized spacial score (nSPS) is 10.4. The number of nitrogens with one attached hydrogen (secondary N) is 1. The van der Waals surface area contributed by atoms with Crippen molar-refractivity contribution in [3.8, 4) is 5.75 Å². The number of hydrogen-bond acceptors (Lipinski definition) is 4. The SMILES string of the molecule is COc1cc(C=CCNC(=O)OCc2ccccc2)cc(C(=O)O)c1. The average Bonchev–Trinajstić information content (AvgIpc) is 2.64. The first-order valence-electron chi connectivity index (χ1n) is 7.62. The maximum atomic E-state index is 11.6. The highest BCUT2D eigenvalue weighted by atomic mass is 16.5. The first-order chi connectivity index (χ1) is 12.1. The number of carbonyl (C=O) groups excluding carboxylic acids is 1. The monoisotopic (exact) mass is 341 g/mol. The van der Waals surface area contributed by atoms with E-state index in [1.165, 1.54) is 19.2 Å². The Balaban J connectivity index is 1.83. The fourth-order valence-corrected chi connectivity index (χ4v) is 2.07. The number of amides is 1. The molecule has 0 aliphatic rings. The Morgan fingerprint density at radius 1 is 1.16 bits per heavy atom. The number of benzene rings is 2. The van der Waals surface area contributed by atoms with E-state index in [0.29, 0.717) is 11.3 Å². The van der Waals surface area contributed by atoms with E-state index in [0.717, 1.165) is 5.56 Å². The fourth-order valence-electron chi connectivity index (χ4n) is 2.07. The molecular formula is C19H19NO5. The highest BCUT2D eigenvalue weighted by Gasteiger charge is 2.06. The van der Waals surface area contributed by atoms with Crippen molar-refractivity contribution in [2.24, 2.45) is 0 Å². The Morgan fingerprint density at radius 2 is 1.92 bits per heavy atom. The van der Waals surface area contributed by atoms with Crippen molar-refractivity contribution in [3.05, 3.63) is 71.3 Å². The molecule has 2 rings (SSSR count). The van der Waals surface area contributed by atoms with Crippen molar-refractivity contribution in [2.45, 2.75) is 6.61 Å². The first-order valence-corrected chi connectivity index (χ1v) is 7.62. The van der Waals surface area contributed by atoms with Gasteiger partial charge >= 0.3 is 12.1 Å². The molecule has 2 aromatic carbocycles. The second-order valence-corrected chi connectivity index (χ2v) is 5.15. The zero-order chi connectivity index (χ0) is 18.1. The van der Waals surface area contributed by atoms with Gasteiger partial charge in [-0.15, -0.1) is 0 Å². The van der Waals surface area contributed by atoms with E-state index in [9.17, 15) is 9.59 Å². The molecule has 0 aliphatic carbocycles. The van der Waals surface area contributed by atoms with Gasteiger partial charge in [0, 0.05) is 6.54 Å². The average molecular weight is 341 g/mol. The van der Waals surface area contributed by atoms with Crippen molar-refractivity contribution >= 4 is 18.1 Å². The van der Waals surface area contributed by atoms with Crippen LogP contribution in [0.15, 0.2) is 54.6 Å².